The van der Waals surface area contributed by atoms with Gasteiger partial charge in [-0.3, -0.25) is 10.1 Å². The second-order valence-corrected chi connectivity index (χ2v) is 6.72. The zero-order valence-electron chi connectivity index (χ0n) is 16.8. The number of anilines is 2. The first-order valence-electron chi connectivity index (χ1n) is 9.26. The van der Waals surface area contributed by atoms with Crippen LogP contribution >= 0.6 is 0 Å². The fourth-order valence-corrected chi connectivity index (χ4v) is 3.42. The Bertz CT molecular complexity index is 1290. The van der Waals surface area contributed by atoms with Crippen molar-refractivity contribution in [2.45, 2.75) is 0 Å². The molecule has 0 bridgehead atoms. The molecule has 31 heavy (non-hydrogen) atoms. The number of fused-ring (bicyclic) bond motifs is 1. The number of hydrogen-bond donors (Lipinski definition) is 2. The Morgan fingerprint density at radius 3 is 1.87 bits per heavy atom. The molecule has 0 aliphatic rings. The van der Waals surface area contributed by atoms with Crippen LogP contribution in [0.4, 0.5) is 17.3 Å². The zero-order chi connectivity index (χ0) is 22.1. The van der Waals surface area contributed by atoms with Gasteiger partial charge in [-0.2, -0.15) is 0 Å². The maximum absolute atomic E-state index is 12.3. The quantitative estimate of drug-likeness (QED) is 0.366. The Morgan fingerprint density at radius 2 is 1.35 bits per heavy atom. The molecule has 1 aromatic heterocycles. The van der Waals surface area contributed by atoms with Crippen molar-refractivity contribution < 1.29 is 14.4 Å². The van der Waals surface area contributed by atoms with E-state index in [1.54, 1.807) is 68.8 Å². The molecular formula is C22H19N5O4. The predicted molar refractivity (Wildman–Crippen MR) is 119 cm³/mol. The van der Waals surface area contributed by atoms with Crippen LogP contribution < -0.4 is 20.9 Å². The van der Waals surface area contributed by atoms with E-state index in [4.69, 9.17) is 20.9 Å². The summed E-state index contributed by atoms with van der Waals surface area (Å²) in [5.41, 5.74) is 14.2. The lowest BCUT2D eigenvalue weighted by molar-refractivity contribution is -0.383. The summed E-state index contributed by atoms with van der Waals surface area (Å²) in [5, 5.41) is 12.3. The second kappa shape index (κ2) is 7.79. The third kappa shape index (κ3) is 3.52. The molecular weight excluding hydrogens is 398 g/mol. The summed E-state index contributed by atoms with van der Waals surface area (Å²) in [6.07, 6.45) is 0. The van der Waals surface area contributed by atoms with Crippen molar-refractivity contribution in [2.24, 2.45) is 0 Å². The van der Waals surface area contributed by atoms with Gasteiger partial charge in [-0.1, -0.05) is 24.3 Å². The van der Waals surface area contributed by atoms with Gasteiger partial charge in [0.25, 0.3) is 5.69 Å². The molecule has 9 nitrogen and oxygen atoms in total. The van der Waals surface area contributed by atoms with E-state index in [9.17, 15) is 10.1 Å². The number of aromatic nitrogens is 2. The van der Waals surface area contributed by atoms with Crippen molar-refractivity contribution in [3.8, 4) is 33.8 Å². The van der Waals surface area contributed by atoms with Gasteiger partial charge < -0.3 is 20.9 Å². The normalized spacial score (nSPS) is 10.8. The van der Waals surface area contributed by atoms with Gasteiger partial charge in [0.05, 0.1) is 35.8 Å². The van der Waals surface area contributed by atoms with Gasteiger partial charge in [0.2, 0.25) is 0 Å². The highest BCUT2D eigenvalue weighted by Crippen LogP contribution is 2.44. The van der Waals surface area contributed by atoms with Crippen molar-refractivity contribution in [2.75, 3.05) is 25.7 Å². The fourth-order valence-electron chi connectivity index (χ4n) is 3.42. The van der Waals surface area contributed by atoms with E-state index in [0.717, 1.165) is 0 Å². The maximum Gasteiger partial charge on any atom is 0.287 e. The topological polar surface area (TPSA) is 139 Å². The summed E-state index contributed by atoms with van der Waals surface area (Å²) in [4.78, 5) is 20.5. The number of benzene rings is 3. The van der Waals surface area contributed by atoms with Gasteiger partial charge in [0, 0.05) is 0 Å². The number of nitro groups is 1. The first kappa shape index (κ1) is 19.9. The summed E-state index contributed by atoms with van der Waals surface area (Å²) in [6, 6.07) is 15.5. The summed E-state index contributed by atoms with van der Waals surface area (Å²) in [6.45, 7) is 0. The Hall–Kier alpha value is -4.40. The first-order chi connectivity index (χ1) is 14.9. The summed E-state index contributed by atoms with van der Waals surface area (Å²) >= 11 is 0. The van der Waals surface area contributed by atoms with Crippen LogP contribution in [0.25, 0.3) is 33.3 Å². The molecule has 0 radical (unpaired) electrons. The largest absolute Gasteiger partial charge is 0.497 e. The number of methoxy groups -OCH3 is 2. The van der Waals surface area contributed by atoms with Crippen LogP contribution in [0.1, 0.15) is 0 Å². The lowest BCUT2D eigenvalue weighted by Crippen LogP contribution is -2.04. The number of nitrogens with two attached hydrogens (primary N) is 2. The van der Waals surface area contributed by atoms with Gasteiger partial charge >= 0.3 is 0 Å². The lowest BCUT2D eigenvalue weighted by atomic mass is 9.94. The van der Waals surface area contributed by atoms with Crippen molar-refractivity contribution in [1.29, 1.82) is 0 Å². The molecule has 156 valence electrons. The Kier molecular flexibility index (Phi) is 5.00. The van der Waals surface area contributed by atoms with Crippen molar-refractivity contribution in [1.82, 2.24) is 9.97 Å². The van der Waals surface area contributed by atoms with Crippen molar-refractivity contribution in [3.05, 3.63) is 64.7 Å². The van der Waals surface area contributed by atoms with Gasteiger partial charge in [0.1, 0.15) is 17.0 Å². The third-order valence-electron chi connectivity index (χ3n) is 4.95. The van der Waals surface area contributed by atoms with Crippen LogP contribution in [0, 0.1) is 10.1 Å². The van der Waals surface area contributed by atoms with E-state index < -0.39 is 4.92 Å². The van der Waals surface area contributed by atoms with Crippen LogP contribution in [-0.2, 0) is 0 Å². The van der Waals surface area contributed by atoms with E-state index in [1.807, 2.05) is 0 Å². The van der Waals surface area contributed by atoms with E-state index in [-0.39, 0.29) is 17.3 Å². The molecule has 0 amide bonds. The molecule has 0 atom stereocenters. The fraction of sp³-hybridized carbons (Fsp3) is 0.0909. The van der Waals surface area contributed by atoms with Crippen LogP contribution in [-0.4, -0.2) is 29.1 Å². The minimum atomic E-state index is -0.424. The average Bonchev–Trinajstić information content (AvgIpc) is 2.79. The van der Waals surface area contributed by atoms with Crippen molar-refractivity contribution in [3.63, 3.8) is 0 Å². The smallest absolute Gasteiger partial charge is 0.287 e. The molecule has 0 saturated carbocycles. The minimum Gasteiger partial charge on any atom is -0.497 e. The maximum atomic E-state index is 12.3. The number of nitrogen functional groups attached to an aromatic ring is 2. The minimum absolute atomic E-state index is 0.00811. The summed E-state index contributed by atoms with van der Waals surface area (Å²) in [5.74, 6) is 1.33. The molecule has 0 aliphatic carbocycles. The van der Waals surface area contributed by atoms with Gasteiger partial charge in [-0.05, 0) is 41.5 Å². The molecule has 9 heteroatoms. The molecule has 0 fully saturated rings. The molecule has 4 aromatic rings. The number of hydrogen-bond acceptors (Lipinski definition) is 8. The summed E-state index contributed by atoms with van der Waals surface area (Å²) < 4.78 is 10.4. The Morgan fingerprint density at radius 1 is 0.839 bits per heavy atom. The Balaban J connectivity index is 2.11. The van der Waals surface area contributed by atoms with E-state index >= 15 is 0 Å². The van der Waals surface area contributed by atoms with Crippen LogP contribution in [0.3, 0.4) is 0 Å². The highest BCUT2D eigenvalue weighted by molar-refractivity contribution is 6.04. The molecule has 0 spiro atoms. The summed E-state index contributed by atoms with van der Waals surface area (Å²) in [7, 11) is 3.10. The SMILES string of the molecule is COc1ccc(-c2cc3nc(N)c(N)nc3c(-c3ccc(OC)cc3)c2[N+](=O)[O-])cc1. The highest BCUT2D eigenvalue weighted by atomic mass is 16.6. The highest BCUT2D eigenvalue weighted by Gasteiger charge is 2.27. The molecule has 0 unspecified atom stereocenters. The van der Waals surface area contributed by atoms with Crippen LogP contribution in [0.2, 0.25) is 0 Å². The average molecular weight is 417 g/mol. The first-order valence-corrected chi connectivity index (χ1v) is 9.26. The Labute approximate surface area is 177 Å². The molecule has 4 rings (SSSR count). The molecule has 0 aliphatic heterocycles. The lowest BCUT2D eigenvalue weighted by Gasteiger charge is -2.13. The molecule has 4 N–H and O–H groups in total. The van der Waals surface area contributed by atoms with E-state index in [2.05, 4.69) is 9.97 Å². The van der Waals surface area contributed by atoms with Crippen molar-refractivity contribution >= 4 is 28.4 Å². The number of rotatable bonds is 5. The molecule has 0 saturated heterocycles. The standard InChI is InChI=1S/C22H19N5O4/c1-30-14-7-3-12(4-8-14)16-11-17-19(26-22(24)21(23)25-17)18(20(16)27(28)29)13-5-9-15(31-2)10-6-13/h3-11H,1-2H3,(H2,23,25)(H2,24,26). The predicted octanol–water partition coefficient (Wildman–Crippen LogP) is 4.05. The van der Waals surface area contributed by atoms with E-state index in [1.165, 1.54) is 0 Å². The molecule has 3 aromatic carbocycles. The zero-order valence-corrected chi connectivity index (χ0v) is 16.8. The molecule has 1 heterocycles. The monoisotopic (exact) mass is 417 g/mol. The van der Waals surface area contributed by atoms with Gasteiger partial charge in [0.15, 0.2) is 11.6 Å². The van der Waals surface area contributed by atoms with Gasteiger partial charge in [-0.15, -0.1) is 0 Å². The van der Waals surface area contributed by atoms with Gasteiger partial charge in [-0.25, -0.2) is 9.97 Å². The van der Waals surface area contributed by atoms with E-state index in [0.29, 0.717) is 44.8 Å². The second-order valence-electron chi connectivity index (χ2n) is 6.72. The van der Waals surface area contributed by atoms with Crippen LogP contribution in [0.5, 0.6) is 11.5 Å². The van der Waals surface area contributed by atoms with Crippen LogP contribution in [0.15, 0.2) is 54.6 Å². The third-order valence-corrected chi connectivity index (χ3v) is 4.95. The number of nitrogens with zero attached hydrogens (tertiary/aromatic N) is 3. The number of ether oxygens (including phenoxy) is 2. The number of nitro benzene ring substituents is 1.